The monoisotopic (exact) mass is 219 g/mol. The molecule has 0 aliphatic carbocycles. The Hall–Kier alpha value is -0.350. The fourth-order valence-electron chi connectivity index (χ4n) is 1.06. The molecule has 0 spiro atoms. The Labute approximate surface area is 87.7 Å². The molecule has 0 bridgehead atoms. The first-order valence-electron chi connectivity index (χ1n) is 4.45. The van der Waals surface area contributed by atoms with Crippen molar-refractivity contribution in [2.45, 2.75) is 19.8 Å². The van der Waals surface area contributed by atoms with E-state index in [4.69, 9.17) is 11.6 Å². The van der Waals surface area contributed by atoms with Gasteiger partial charge >= 0.3 is 0 Å². The summed E-state index contributed by atoms with van der Waals surface area (Å²) in [5, 5.41) is 8.82. The van der Waals surface area contributed by atoms with Crippen LogP contribution in [0.3, 0.4) is 0 Å². The smallest absolute Gasteiger partial charge is 0.208 e. The lowest BCUT2D eigenvalue weighted by atomic mass is 10.3. The molecule has 74 valence electrons. The number of hydrogen-bond donors (Lipinski definition) is 0. The van der Waals surface area contributed by atoms with E-state index in [1.54, 1.807) is 16.8 Å². The standard InChI is InChI=1S/C8H14ClN3S/c1-2-3-5-12(6-4-9)8-11-10-7-13-8/h7H,2-6H2,1H3. The first-order chi connectivity index (χ1) is 6.38. The maximum atomic E-state index is 5.71. The van der Waals surface area contributed by atoms with Gasteiger partial charge in [-0.25, -0.2) is 0 Å². The third-order valence-corrected chi connectivity index (χ3v) is 2.67. The number of hydrogen-bond acceptors (Lipinski definition) is 4. The number of rotatable bonds is 6. The first-order valence-corrected chi connectivity index (χ1v) is 5.87. The van der Waals surface area contributed by atoms with Crippen LogP contribution in [-0.2, 0) is 0 Å². The van der Waals surface area contributed by atoms with Crippen LogP contribution in [0.2, 0.25) is 0 Å². The molecular formula is C8H14ClN3S. The SMILES string of the molecule is CCCCN(CCCl)c1nncs1. The van der Waals surface area contributed by atoms with Gasteiger partial charge in [-0.05, 0) is 6.42 Å². The van der Waals surface area contributed by atoms with Crippen molar-refractivity contribution in [3.63, 3.8) is 0 Å². The normalized spacial score (nSPS) is 10.3. The van der Waals surface area contributed by atoms with Crippen LogP contribution < -0.4 is 4.90 Å². The minimum Gasteiger partial charge on any atom is -0.345 e. The maximum absolute atomic E-state index is 5.71. The average molecular weight is 220 g/mol. The first kappa shape index (κ1) is 10.7. The van der Waals surface area contributed by atoms with Crippen molar-refractivity contribution < 1.29 is 0 Å². The van der Waals surface area contributed by atoms with Crippen LogP contribution in [0.1, 0.15) is 19.8 Å². The number of nitrogens with zero attached hydrogens (tertiary/aromatic N) is 3. The van der Waals surface area contributed by atoms with Gasteiger partial charge in [-0.15, -0.1) is 21.8 Å². The molecule has 0 amide bonds. The number of unbranched alkanes of at least 4 members (excludes halogenated alkanes) is 1. The lowest BCUT2D eigenvalue weighted by Gasteiger charge is -2.19. The fraction of sp³-hybridized carbons (Fsp3) is 0.750. The minimum atomic E-state index is 0.642. The lowest BCUT2D eigenvalue weighted by molar-refractivity contribution is 0.727. The Morgan fingerprint density at radius 1 is 1.54 bits per heavy atom. The molecule has 0 N–H and O–H groups in total. The van der Waals surface area contributed by atoms with Crippen LogP contribution in [0, 0.1) is 0 Å². The van der Waals surface area contributed by atoms with Crippen molar-refractivity contribution in [1.82, 2.24) is 10.2 Å². The van der Waals surface area contributed by atoms with Gasteiger partial charge in [0.1, 0.15) is 5.51 Å². The van der Waals surface area contributed by atoms with Crippen molar-refractivity contribution in [2.75, 3.05) is 23.9 Å². The second kappa shape index (κ2) is 6.16. The highest BCUT2D eigenvalue weighted by atomic mass is 35.5. The topological polar surface area (TPSA) is 29.0 Å². The highest BCUT2D eigenvalue weighted by molar-refractivity contribution is 7.13. The van der Waals surface area contributed by atoms with E-state index in [-0.39, 0.29) is 0 Å². The zero-order valence-electron chi connectivity index (χ0n) is 7.74. The molecule has 0 fully saturated rings. The molecule has 3 nitrogen and oxygen atoms in total. The Balaban J connectivity index is 2.47. The zero-order valence-corrected chi connectivity index (χ0v) is 9.31. The number of halogens is 1. The number of anilines is 1. The Morgan fingerprint density at radius 3 is 2.92 bits per heavy atom. The van der Waals surface area contributed by atoms with Crippen LogP contribution in [0.4, 0.5) is 5.13 Å². The summed E-state index contributed by atoms with van der Waals surface area (Å²) >= 11 is 7.27. The van der Waals surface area contributed by atoms with Gasteiger partial charge in [-0.1, -0.05) is 24.7 Å². The zero-order chi connectivity index (χ0) is 9.52. The van der Waals surface area contributed by atoms with Gasteiger partial charge in [-0.2, -0.15) is 0 Å². The van der Waals surface area contributed by atoms with Gasteiger partial charge in [0.2, 0.25) is 5.13 Å². The summed E-state index contributed by atoms with van der Waals surface area (Å²) in [6, 6.07) is 0. The molecule has 1 heterocycles. The quantitative estimate of drug-likeness (QED) is 0.688. The highest BCUT2D eigenvalue weighted by Gasteiger charge is 2.07. The fourth-order valence-corrected chi connectivity index (χ4v) is 1.88. The predicted octanol–water partition coefficient (Wildman–Crippen LogP) is 2.38. The van der Waals surface area contributed by atoms with Crippen molar-refractivity contribution in [2.24, 2.45) is 0 Å². The summed E-state index contributed by atoms with van der Waals surface area (Å²) in [5.74, 6) is 0.642. The van der Waals surface area contributed by atoms with Crippen molar-refractivity contribution >= 4 is 28.1 Å². The van der Waals surface area contributed by atoms with E-state index in [1.165, 1.54) is 12.8 Å². The second-order valence-electron chi connectivity index (χ2n) is 2.75. The third kappa shape index (κ3) is 3.48. The summed E-state index contributed by atoms with van der Waals surface area (Å²) in [4.78, 5) is 2.19. The van der Waals surface area contributed by atoms with Gasteiger partial charge in [0.25, 0.3) is 0 Å². The van der Waals surface area contributed by atoms with Gasteiger partial charge in [0.15, 0.2) is 0 Å². The number of aromatic nitrogens is 2. The molecule has 0 aliphatic heterocycles. The molecule has 0 unspecified atom stereocenters. The van der Waals surface area contributed by atoms with Crippen molar-refractivity contribution in [3.05, 3.63) is 5.51 Å². The molecule has 0 aliphatic rings. The van der Waals surface area contributed by atoms with Crippen LogP contribution in [0.25, 0.3) is 0 Å². The molecule has 13 heavy (non-hydrogen) atoms. The molecule has 0 aromatic carbocycles. The number of alkyl halides is 1. The summed E-state index contributed by atoms with van der Waals surface area (Å²) in [5.41, 5.74) is 1.75. The van der Waals surface area contributed by atoms with Crippen molar-refractivity contribution in [1.29, 1.82) is 0 Å². The Bertz CT molecular complexity index is 215. The largest absolute Gasteiger partial charge is 0.345 e. The van der Waals surface area contributed by atoms with Crippen LogP contribution >= 0.6 is 22.9 Å². The van der Waals surface area contributed by atoms with Crippen LogP contribution in [0.15, 0.2) is 5.51 Å². The second-order valence-corrected chi connectivity index (χ2v) is 3.94. The molecule has 5 heteroatoms. The highest BCUT2D eigenvalue weighted by Crippen LogP contribution is 2.15. The molecule has 1 aromatic rings. The van der Waals surface area contributed by atoms with E-state index < -0.39 is 0 Å². The molecule has 0 saturated carbocycles. The van der Waals surface area contributed by atoms with E-state index >= 15 is 0 Å². The van der Waals surface area contributed by atoms with Gasteiger partial charge < -0.3 is 4.90 Å². The lowest BCUT2D eigenvalue weighted by Crippen LogP contribution is -2.26. The molecular weight excluding hydrogens is 206 g/mol. The molecule has 0 radical (unpaired) electrons. The van der Waals surface area contributed by atoms with Crippen LogP contribution in [0.5, 0.6) is 0 Å². The maximum Gasteiger partial charge on any atom is 0.208 e. The predicted molar refractivity (Wildman–Crippen MR) is 57.8 cm³/mol. The molecule has 0 saturated heterocycles. The molecule has 1 aromatic heterocycles. The third-order valence-electron chi connectivity index (χ3n) is 1.76. The van der Waals surface area contributed by atoms with Gasteiger partial charge in [0, 0.05) is 19.0 Å². The molecule has 1 rings (SSSR count). The minimum absolute atomic E-state index is 0.642. The van der Waals surface area contributed by atoms with Crippen LogP contribution in [-0.4, -0.2) is 29.2 Å². The Morgan fingerprint density at radius 2 is 2.38 bits per heavy atom. The average Bonchev–Trinajstić information content (AvgIpc) is 2.65. The van der Waals surface area contributed by atoms with E-state index in [0.29, 0.717) is 5.88 Å². The van der Waals surface area contributed by atoms with Gasteiger partial charge in [-0.3, -0.25) is 0 Å². The Kier molecular flexibility index (Phi) is 5.08. The van der Waals surface area contributed by atoms with E-state index in [1.807, 2.05) is 0 Å². The summed E-state index contributed by atoms with van der Waals surface area (Å²) < 4.78 is 0. The molecule has 0 atom stereocenters. The summed E-state index contributed by atoms with van der Waals surface area (Å²) in [6.45, 7) is 4.06. The van der Waals surface area contributed by atoms with E-state index in [9.17, 15) is 0 Å². The summed E-state index contributed by atoms with van der Waals surface area (Å²) in [7, 11) is 0. The van der Waals surface area contributed by atoms with E-state index in [0.717, 1.165) is 18.2 Å². The van der Waals surface area contributed by atoms with E-state index in [2.05, 4.69) is 22.0 Å². The van der Waals surface area contributed by atoms with Crippen molar-refractivity contribution in [3.8, 4) is 0 Å². The summed E-state index contributed by atoms with van der Waals surface area (Å²) in [6.07, 6.45) is 2.37. The van der Waals surface area contributed by atoms with Gasteiger partial charge in [0.05, 0.1) is 0 Å².